The molecule has 0 aromatic rings. The molecule has 0 radical (unpaired) electrons. The third-order valence-electron chi connectivity index (χ3n) is 6.13. The summed E-state index contributed by atoms with van der Waals surface area (Å²) in [5, 5.41) is -0.386. The average Bonchev–Trinajstić information content (AvgIpc) is 2.96. The number of hydrogen-bond acceptors (Lipinski definition) is 7. The molecule has 8 heteroatoms. The summed E-state index contributed by atoms with van der Waals surface area (Å²) in [6.07, 6.45) is 0.613. The van der Waals surface area contributed by atoms with Gasteiger partial charge < -0.3 is 19.6 Å². The van der Waals surface area contributed by atoms with E-state index in [4.69, 9.17) is 19.6 Å². The summed E-state index contributed by atoms with van der Waals surface area (Å²) >= 11 is 0. The van der Waals surface area contributed by atoms with Gasteiger partial charge in [-0.25, -0.2) is 0 Å². The standard InChI is InChI=1S/C23H46N2O5Si/c1-16(2)31(17(3)4,23(9,10)24)29-12-11-25-14-19(15-28-18(5)26)13-20(25)21(27)30-22(6,7)8/h16-17,19-20H,11-15,24H2,1-10H3. The molecule has 0 aliphatic carbocycles. The largest absolute Gasteiger partial charge is 0.466 e. The first kappa shape index (κ1) is 28.1. The second kappa shape index (κ2) is 10.8. The Bertz CT molecular complexity index is 602. The molecule has 1 aliphatic heterocycles. The molecule has 7 nitrogen and oxygen atoms in total. The van der Waals surface area contributed by atoms with Gasteiger partial charge in [-0.1, -0.05) is 27.7 Å². The van der Waals surface area contributed by atoms with E-state index in [0.717, 1.165) is 0 Å². The maximum atomic E-state index is 12.9. The van der Waals surface area contributed by atoms with Crippen LogP contribution < -0.4 is 5.73 Å². The Labute approximate surface area is 190 Å². The lowest BCUT2D eigenvalue weighted by Crippen LogP contribution is -2.66. The number of likely N-dealkylation sites (tertiary alicyclic amines) is 1. The third-order valence-corrected chi connectivity index (χ3v) is 12.3. The van der Waals surface area contributed by atoms with Gasteiger partial charge >= 0.3 is 11.9 Å². The normalized spacial score (nSPS) is 21.1. The van der Waals surface area contributed by atoms with Gasteiger partial charge in [0.05, 0.1) is 6.61 Å². The van der Waals surface area contributed by atoms with Gasteiger partial charge in [0, 0.05) is 37.7 Å². The minimum atomic E-state index is -2.29. The number of carbonyl (C=O) groups excluding carboxylic acids is 2. The van der Waals surface area contributed by atoms with Crippen LogP contribution >= 0.6 is 0 Å². The molecule has 1 aliphatic rings. The van der Waals surface area contributed by atoms with Gasteiger partial charge in [0.2, 0.25) is 8.32 Å². The summed E-state index contributed by atoms with van der Waals surface area (Å²) in [4.78, 5) is 26.2. The van der Waals surface area contributed by atoms with Gasteiger partial charge in [-0.2, -0.15) is 0 Å². The van der Waals surface area contributed by atoms with Crippen molar-refractivity contribution in [1.29, 1.82) is 0 Å². The molecule has 0 spiro atoms. The summed E-state index contributed by atoms with van der Waals surface area (Å²) in [5.41, 5.74) is 6.83. The zero-order valence-electron chi connectivity index (χ0n) is 21.4. The maximum Gasteiger partial charge on any atom is 0.323 e. The fourth-order valence-corrected chi connectivity index (χ4v) is 11.0. The molecule has 2 unspecified atom stereocenters. The van der Waals surface area contributed by atoms with Crippen molar-refractivity contribution in [3.8, 4) is 0 Å². The smallest absolute Gasteiger partial charge is 0.323 e. The molecule has 182 valence electrons. The van der Waals surface area contributed by atoms with Crippen molar-refractivity contribution in [2.24, 2.45) is 11.7 Å². The SMILES string of the molecule is CC(=O)OCC1CC(C(=O)OC(C)(C)C)N(CCO[Si](C(C)C)(C(C)C)C(C)(C)N)C1. The van der Waals surface area contributed by atoms with Crippen LogP contribution in [0.2, 0.25) is 11.1 Å². The van der Waals surface area contributed by atoms with Crippen molar-refractivity contribution in [3.05, 3.63) is 0 Å². The quantitative estimate of drug-likeness (QED) is 0.395. The van der Waals surface area contributed by atoms with Gasteiger partial charge in [-0.05, 0) is 52.1 Å². The second-order valence-corrected chi connectivity index (χ2v) is 16.6. The van der Waals surface area contributed by atoms with E-state index in [2.05, 4.69) is 46.4 Å². The molecular formula is C23H46N2O5Si. The van der Waals surface area contributed by atoms with Crippen molar-refractivity contribution in [1.82, 2.24) is 4.90 Å². The lowest BCUT2D eigenvalue weighted by molar-refractivity contribution is -0.160. The van der Waals surface area contributed by atoms with Crippen LogP contribution in [0.1, 0.15) is 75.7 Å². The second-order valence-electron chi connectivity index (χ2n) is 11.1. The molecule has 1 heterocycles. The predicted octanol–water partition coefficient (Wildman–Crippen LogP) is 3.64. The fraction of sp³-hybridized carbons (Fsp3) is 0.913. The van der Waals surface area contributed by atoms with E-state index >= 15 is 0 Å². The van der Waals surface area contributed by atoms with E-state index in [-0.39, 0.29) is 29.1 Å². The molecule has 0 saturated carbocycles. The Balaban J connectivity index is 2.94. The van der Waals surface area contributed by atoms with E-state index < -0.39 is 13.9 Å². The highest BCUT2D eigenvalue weighted by Crippen LogP contribution is 2.40. The fourth-order valence-electron chi connectivity index (χ4n) is 5.22. The number of hydrogen-bond donors (Lipinski definition) is 1. The van der Waals surface area contributed by atoms with Crippen LogP contribution in [0.4, 0.5) is 0 Å². The van der Waals surface area contributed by atoms with Crippen molar-refractivity contribution >= 4 is 20.3 Å². The predicted molar refractivity (Wildman–Crippen MR) is 126 cm³/mol. The van der Waals surface area contributed by atoms with Gasteiger partial charge in [0.25, 0.3) is 0 Å². The molecule has 2 atom stereocenters. The molecule has 0 bridgehead atoms. The molecule has 0 amide bonds. The monoisotopic (exact) mass is 458 g/mol. The van der Waals surface area contributed by atoms with Crippen LogP contribution in [0.15, 0.2) is 0 Å². The van der Waals surface area contributed by atoms with E-state index in [0.29, 0.717) is 43.8 Å². The summed E-state index contributed by atoms with van der Waals surface area (Å²) in [6, 6.07) is -0.358. The van der Waals surface area contributed by atoms with E-state index in [9.17, 15) is 9.59 Å². The lowest BCUT2D eigenvalue weighted by Gasteiger charge is -2.48. The summed E-state index contributed by atoms with van der Waals surface area (Å²) in [6.45, 7) is 22.1. The molecular weight excluding hydrogens is 412 g/mol. The van der Waals surface area contributed by atoms with Crippen LogP contribution in [-0.2, 0) is 23.5 Å². The maximum absolute atomic E-state index is 12.9. The first-order chi connectivity index (χ1) is 14.0. The number of carbonyl (C=O) groups is 2. The first-order valence-corrected chi connectivity index (χ1v) is 13.6. The highest BCUT2D eigenvalue weighted by Gasteiger charge is 2.52. The van der Waals surface area contributed by atoms with Crippen molar-refractivity contribution < 1.29 is 23.5 Å². The summed E-state index contributed by atoms with van der Waals surface area (Å²) in [7, 11) is -2.29. The topological polar surface area (TPSA) is 91.1 Å². The molecule has 1 saturated heterocycles. The number of ether oxygens (including phenoxy) is 2. The van der Waals surface area contributed by atoms with Gasteiger partial charge in [0.15, 0.2) is 0 Å². The zero-order chi connectivity index (χ0) is 24.2. The molecule has 2 N–H and O–H groups in total. The number of nitrogens with two attached hydrogens (primary N) is 1. The Morgan fingerprint density at radius 2 is 1.65 bits per heavy atom. The van der Waals surface area contributed by atoms with Crippen LogP contribution in [0.25, 0.3) is 0 Å². The van der Waals surface area contributed by atoms with Crippen LogP contribution in [0, 0.1) is 5.92 Å². The molecule has 1 fully saturated rings. The van der Waals surface area contributed by atoms with E-state index in [1.165, 1.54) is 6.92 Å². The summed E-state index contributed by atoms with van der Waals surface area (Å²) in [5.74, 6) is -0.428. The number of nitrogens with zero attached hydrogens (tertiary/aromatic N) is 1. The Kier molecular flexibility index (Phi) is 9.75. The third kappa shape index (κ3) is 7.55. The van der Waals surface area contributed by atoms with E-state index in [1.807, 2.05) is 20.8 Å². The minimum Gasteiger partial charge on any atom is -0.466 e. The average molecular weight is 459 g/mol. The van der Waals surface area contributed by atoms with Crippen molar-refractivity contribution in [2.45, 2.75) is 104 Å². The van der Waals surface area contributed by atoms with Crippen LogP contribution in [0.5, 0.6) is 0 Å². The Morgan fingerprint density at radius 3 is 2.06 bits per heavy atom. The van der Waals surface area contributed by atoms with Crippen LogP contribution in [0.3, 0.4) is 0 Å². The molecule has 0 aromatic carbocycles. The Hall–Kier alpha value is -0.963. The van der Waals surface area contributed by atoms with Gasteiger partial charge in [-0.15, -0.1) is 0 Å². The first-order valence-electron chi connectivity index (χ1n) is 11.5. The lowest BCUT2D eigenvalue weighted by atomic mass is 10.1. The summed E-state index contributed by atoms with van der Waals surface area (Å²) < 4.78 is 17.6. The highest BCUT2D eigenvalue weighted by molar-refractivity contribution is 6.79. The minimum absolute atomic E-state index is 0.101. The van der Waals surface area contributed by atoms with Gasteiger partial charge in [0.1, 0.15) is 11.6 Å². The van der Waals surface area contributed by atoms with Crippen LogP contribution in [-0.4, -0.2) is 68.3 Å². The molecule has 0 aromatic heterocycles. The highest BCUT2D eigenvalue weighted by atomic mass is 28.4. The molecule has 1 rings (SSSR count). The molecule has 31 heavy (non-hydrogen) atoms. The van der Waals surface area contributed by atoms with Crippen molar-refractivity contribution in [3.63, 3.8) is 0 Å². The Morgan fingerprint density at radius 1 is 1.10 bits per heavy atom. The van der Waals surface area contributed by atoms with Crippen molar-refractivity contribution in [2.75, 3.05) is 26.3 Å². The zero-order valence-corrected chi connectivity index (χ0v) is 22.4. The number of esters is 2. The van der Waals surface area contributed by atoms with Gasteiger partial charge in [-0.3, -0.25) is 14.5 Å². The number of rotatable bonds is 10. The van der Waals surface area contributed by atoms with E-state index in [1.54, 1.807) is 0 Å².